The van der Waals surface area contributed by atoms with E-state index in [0.717, 1.165) is 74.4 Å². The van der Waals surface area contributed by atoms with Gasteiger partial charge in [-0.3, -0.25) is 0 Å². The molecule has 206 valence electrons. The van der Waals surface area contributed by atoms with E-state index >= 15 is 0 Å². The molecule has 0 aromatic heterocycles. The van der Waals surface area contributed by atoms with Gasteiger partial charge in [0.2, 0.25) is 0 Å². The first-order valence-corrected chi connectivity index (χ1v) is 14.7. The highest BCUT2D eigenvalue weighted by Crippen LogP contribution is 1.96. The Labute approximate surface area is 252 Å². The predicted molar refractivity (Wildman–Crippen MR) is 174 cm³/mol. The number of quaternary nitrogens is 2. The van der Waals surface area contributed by atoms with Crippen molar-refractivity contribution in [2.24, 2.45) is 0 Å². The summed E-state index contributed by atoms with van der Waals surface area (Å²) in [5, 5.41) is 0. The third-order valence-electron chi connectivity index (χ3n) is 6.69. The smallest absolute Gasteiger partial charge is 0.140 e. The molecule has 0 atom stereocenters. The Kier molecular flexibility index (Phi) is 13.1. The van der Waals surface area contributed by atoms with E-state index < -0.39 is 0 Å². The van der Waals surface area contributed by atoms with Gasteiger partial charge in [-0.15, -0.1) is 0 Å². The molecule has 4 aromatic rings. The Hall–Kier alpha value is -4.96. The number of unbranched alkanes of at least 4 members (excludes halogenated alkanes) is 1. The summed E-state index contributed by atoms with van der Waals surface area (Å²) in [6, 6.07) is 40.8. The largest absolute Gasteiger partial charge is 0.315 e. The van der Waals surface area contributed by atoms with Crippen LogP contribution >= 0.6 is 0 Å². The molecule has 0 radical (unpaired) electrons. The average molecular weight is 547 g/mol. The molecule has 2 N–H and O–H groups in total. The fourth-order valence-corrected chi connectivity index (χ4v) is 4.40. The van der Waals surface area contributed by atoms with E-state index in [0.29, 0.717) is 0 Å². The van der Waals surface area contributed by atoms with Crippen LogP contribution in [0.2, 0.25) is 0 Å². The van der Waals surface area contributed by atoms with Crippen LogP contribution in [0, 0.1) is 47.4 Å². The van der Waals surface area contributed by atoms with Gasteiger partial charge < -0.3 is 9.80 Å². The van der Waals surface area contributed by atoms with Crippen molar-refractivity contribution in [3.63, 3.8) is 0 Å². The molecule has 42 heavy (non-hydrogen) atoms. The summed E-state index contributed by atoms with van der Waals surface area (Å²) in [6.07, 6.45) is 2.22. The second-order valence-electron chi connectivity index (χ2n) is 10.1. The van der Waals surface area contributed by atoms with Gasteiger partial charge in [0.25, 0.3) is 0 Å². The normalized spacial score (nSPS) is 9.86. The SMILES string of the molecule is C(#Cc1ccccc1)C[NH+](CC#Cc1ccccc1)CCCC[NH+](CC#Cc1ccccc1)CC#Cc1ccccc1. The number of rotatable bonds is 9. The van der Waals surface area contributed by atoms with Gasteiger partial charge in [-0.1, -0.05) is 96.5 Å². The second-order valence-corrected chi connectivity index (χ2v) is 10.1. The highest BCUT2D eigenvalue weighted by Gasteiger charge is 2.09. The van der Waals surface area contributed by atoms with Crippen LogP contribution in [-0.2, 0) is 0 Å². The lowest BCUT2D eigenvalue weighted by molar-refractivity contribution is -0.892. The quantitative estimate of drug-likeness (QED) is 0.234. The highest BCUT2D eigenvalue weighted by molar-refractivity contribution is 5.36. The van der Waals surface area contributed by atoms with Crippen molar-refractivity contribution in [3.8, 4) is 47.4 Å². The standard InChI is InChI=1S/C40H36N2/c1-5-19-37(20-6-1)27-15-33-41(34-16-28-38-21-7-2-8-22-38)31-13-14-32-42(35-17-29-39-23-9-3-10-24-39)36-18-30-40-25-11-4-12-26-40/h1-12,19-26H,13-14,31-36H2/p+2. The average Bonchev–Trinajstić information content (AvgIpc) is 3.04. The Morgan fingerprint density at radius 2 is 0.571 bits per heavy atom. The monoisotopic (exact) mass is 546 g/mol. The molecule has 0 aliphatic carbocycles. The minimum atomic E-state index is 0.778. The van der Waals surface area contributed by atoms with Crippen LogP contribution in [0.1, 0.15) is 35.1 Å². The third-order valence-corrected chi connectivity index (χ3v) is 6.69. The first-order chi connectivity index (χ1) is 20.8. The lowest BCUT2D eigenvalue weighted by atomic mass is 10.2. The van der Waals surface area contributed by atoms with Gasteiger partial charge in [-0.25, -0.2) is 0 Å². The zero-order chi connectivity index (χ0) is 28.9. The first kappa shape index (κ1) is 30.0. The Balaban J connectivity index is 1.34. The second kappa shape index (κ2) is 18.4. The molecule has 0 saturated heterocycles. The molecule has 0 bridgehead atoms. The van der Waals surface area contributed by atoms with Crippen molar-refractivity contribution in [3.05, 3.63) is 144 Å². The minimum Gasteiger partial charge on any atom is -0.315 e. The van der Waals surface area contributed by atoms with E-state index in [-0.39, 0.29) is 0 Å². The highest BCUT2D eigenvalue weighted by atomic mass is 15.1. The van der Waals surface area contributed by atoms with Gasteiger partial charge in [-0.05, 0) is 72.2 Å². The van der Waals surface area contributed by atoms with Gasteiger partial charge in [0.05, 0.1) is 13.1 Å². The summed E-state index contributed by atoms with van der Waals surface area (Å²) in [7, 11) is 0. The molecule has 0 unspecified atom stereocenters. The van der Waals surface area contributed by atoms with E-state index in [2.05, 4.69) is 95.9 Å². The molecule has 0 aliphatic rings. The van der Waals surface area contributed by atoms with Gasteiger partial charge >= 0.3 is 0 Å². The summed E-state index contributed by atoms with van der Waals surface area (Å²) >= 11 is 0. The van der Waals surface area contributed by atoms with Crippen molar-refractivity contribution in [2.45, 2.75) is 12.8 Å². The van der Waals surface area contributed by atoms with E-state index in [4.69, 9.17) is 0 Å². The number of nitrogens with one attached hydrogen (secondary N) is 2. The van der Waals surface area contributed by atoms with Crippen molar-refractivity contribution in [1.29, 1.82) is 0 Å². The fraction of sp³-hybridized carbons (Fsp3) is 0.200. The predicted octanol–water partition coefficient (Wildman–Crippen LogP) is 3.74. The molecule has 0 spiro atoms. The van der Waals surface area contributed by atoms with Gasteiger partial charge in [-0.2, -0.15) is 0 Å². The maximum atomic E-state index is 3.39. The third kappa shape index (κ3) is 12.1. The van der Waals surface area contributed by atoms with Crippen molar-refractivity contribution >= 4 is 0 Å². The topological polar surface area (TPSA) is 8.88 Å². The number of hydrogen-bond donors (Lipinski definition) is 2. The molecule has 2 nitrogen and oxygen atoms in total. The number of hydrogen-bond acceptors (Lipinski definition) is 0. The fourth-order valence-electron chi connectivity index (χ4n) is 4.40. The van der Waals surface area contributed by atoms with Crippen LogP contribution in [0.25, 0.3) is 0 Å². The number of benzene rings is 4. The summed E-state index contributed by atoms with van der Waals surface area (Å²) in [5.74, 6) is 26.8. The molecule has 4 rings (SSSR count). The van der Waals surface area contributed by atoms with Crippen LogP contribution < -0.4 is 9.80 Å². The molecule has 0 fully saturated rings. The molecular formula is C40H38N2+2. The maximum absolute atomic E-state index is 3.39. The summed E-state index contributed by atoms with van der Waals surface area (Å²) in [5.41, 5.74) is 4.22. The Morgan fingerprint density at radius 3 is 0.810 bits per heavy atom. The summed E-state index contributed by atoms with van der Waals surface area (Å²) < 4.78 is 0. The van der Waals surface area contributed by atoms with E-state index in [1.807, 2.05) is 72.8 Å². The Morgan fingerprint density at radius 1 is 0.333 bits per heavy atom. The molecular weight excluding hydrogens is 508 g/mol. The molecule has 0 amide bonds. The molecule has 2 heteroatoms. The summed E-state index contributed by atoms with van der Waals surface area (Å²) in [4.78, 5) is 2.80. The van der Waals surface area contributed by atoms with Gasteiger partial charge in [0.1, 0.15) is 26.2 Å². The zero-order valence-corrected chi connectivity index (χ0v) is 24.2. The minimum absolute atomic E-state index is 0.778. The molecule has 0 heterocycles. The lowest BCUT2D eigenvalue weighted by Crippen LogP contribution is -3.12. The summed E-state index contributed by atoms with van der Waals surface area (Å²) in [6.45, 7) is 5.18. The van der Waals surface area contributed by atoms with E-state index in [9.17, 15) is 0 Å². The van der Waals surface area contributed by atoms with Crippen molar-refractivity contribution < 1.29 is 9.80 Å². The van der Waals surface area contributed by atoms with Gasteiger partial charge in [0.15, 0.2) is 0 Å². The van der Waals surface area contributed by atoms with Crippen molar-refractivity contribution in [1.82, 2.24) is 0 Å². The molecule has 0 saturated carbocycles. The van der Waals surface area contributed by atoms with Gasteiger partial charge in [0, 0.05) is 35.1 Å². The maximum Gasteiger partial charge on any atom is 0.140 e. The molecule has 0 aliphatic heterocycles. The van der Waals surface area contributed by atoms with Crippen LogP contribution in [-0.4, -0.2) is 39.3 Å². The Bertz CT molecular complexity index is 1340. The van der Waals surface area contributed by atoms with Crippen molar-refractivity contribution in [2.75, 3.05) is 39.3 Å². The van der Waals surface area contributed by atoms with Crippen LogP contribution in [0.4, 0.5) is 0 Å². The van der Waals surface area contributed by atoms with E-state index in [1.54, 1.807) is 0 Å². The van der Waals surface area contributed by atoms with E-state index in [1.165, 1.54) is 9.80 Å². The lowest BCUT2D eigenvalue weighted by Gasteiger charge is -2.16. The first-order valence-electron chi connectivity index (χ1n) is 14.7. The van der Waals surface area contributed by atoms with Crippen LogP contribution in [0.5, 0.6) is 0 Å². The molecule has 4 aromatic carbocycles. The van der Waals surface area contributed by atoms with Crippen LogP contribution in [0.3, 0.4) is 0 Å². The zero-order valence-electron chi connectivity index (χ0n) is 24.2. The van der Waals surface area contributed by atoms with Crippen LogP contribution in [0.15, 0.2) is 121 Å².